The molecule has 4 N–H and O–H groups in total. The molecule has 10 heteroatoms. The molecule has 0 amide bonds. The summed E-state index contributed by atoms with van der Waals surface area (Å²) in [5.74, 6) is 0.767. The Morgan fingerprint density at radius 3 is 2.59 bits per heavy atom. The molecule has 5 rings (SSSR count). The van der Waals surface area contributed by atoms with Gasteiger partial charge in [-0.05, 0) is 43.2 Å². The van der Waals surface area contributed by atoms with Crippen LogP contribution in [0.4, 0.5) is 11.8 Å². The van der Waals surface area contributed by atoms with E-state index in [2.05, 4.69) is 20.2 Å². The maximum atomic E-state index is 13.6. The molecule has 4 heterocycles. The second-order valence-corrected chi connectivity index (χ2v) is 9.07. The van der Waals surface area contributed by atoms with E-state index in [1.807, 2.05) is 18.3 Å². The van der Waals surface area contributed by atoms with Gasteiger partial charge in [0, 0.05) is 56.4 Å². The first-order valence-electron chi connectivity index (χ1n) is 11.9. The highest BCUT2D eigenvalue weighted by atomic mass is 16.5. The Hall–Kier alpha value is -3.08. The van der Waals surface area contributed by atoms with E-state index >= 15 is 0 Å². The summed E-state index contributed by atoms with van der Waals surface area (Å²) in [6.07, 6.45) is 8.03. The van der Waals surface area contributed by atoms with Crippen molar-refractivity contribution < 1.29 is 9.84 Å². The zero-order chi connectivity index (χ0) is 23.5. The second-order valence-electron chi connectivity index (χ2n) is 9.07. The van der Waals surface area contributed by atoms with Gasteiger partial charge in [0.15, 0.2) is 0 Å². The first kappa shape index (κ1) is 22.7. The quantitative estimate of drug-likeness (QED) is 0.495. The molecule has 0 unspecified atom stereocenters. The average molecular weight is 466 g/mol. The van der Waals surface area contributed by atoms with Gasteiger partial charge in [-0.2, -0.15) is 0 Å². The number of aliphatic hydroxyl groups is 1. The Bertz CT molecular complexity index is 1180. The SMILES string of the molecule is Nc1ncc(-c2cc3ccn(CCN4CCOCC4)c(=O)c3c(N[C@H]3CC[C@@H](O)CC3)n2)cn1. The number of ether oxygens (including phenoxy) is 1. The molecule has 0 radical (unpaired) electrons. The summed E-state index contributed by atoms with van der Waals surface area (Å²) in [5, 5.41) is 14.8. The number of nitrogen functional groups attached to an aromatic ring is 1. The van der Waals surface area contributed by atoms with Crippen LogP contribution in [0.1, 0.15) is 25.7 Å². The van der Waals surface area contributed by atoms with Crippen LogP contribution in [-0.2, 0) is 11.3 Å². The van der Waals surface area contributed by atoms with Gasteiger partial charge >= 0.3 is 0 Å². The average Bonchev–Trinajstić information content (AvgIpc) is 2.86. The highest BCUT2D eigenvalue weighted by molar-refractivity contribution is 5.93. The minimum Gasteiger partial charge on any atom is -0.393 e. The second kappa shape index (κ2) is 10.0. The van der Waals surface area contributed by atoms with Gasteiger partial charge in [0.25, 0.3) is 5.56 Å². The fourth-order valence-corrected chi connectivity index (χ4v) is 4.69. The summed E-state index contributed by atoms with van der Waals surface area (Å²) in [7, 11) is 0. The van der Waals surface area contributed by atoms with Gasteiger partial charge < -0.3 is 25.5 Å². The molecule has 34 heavy (non-hydrogen) atoms. The highest BCUT2D eigenvalue weighted by Gasteiger charge is 2.22. The van der Waals surface area contributed by atoms with Crippen molar-refractivity contribution in [2.45, 2.75) is 44.4 Å². The number of nitrogens with one attached hydrogen (secondary N) is 1. The number of hydrogen-bond acceptors (Lipinski definition) is 9. The van der Waals surface area contributed by atoms with Gasteiger partial charge in [0.1, 0.15) is 5.82 Å². The fourth-order valence-electron chi connectivity index (χ4n) is 4.69. The maximum Gasteiger partial charge on any atom is 0.262 e. The fraction of sp³-hybridized carbons (Fsp3) is 0.500. The van der Waals surface area contributed by atoms with E-state index in [9.17, 15) is 9.90 Å². The number of aromatic nitrogens is 4. The lowest BCUT2D eigenvalue weighted by Gasteiger charge is -2.27. The van der Waals surface area contributed by atoms with Gasteiger partial charge in [-0.25, -0.2) is 15.0 Å². The lowest BCUT2D eigenvalue weighted by Crippen LogP contribution is -2.39. The number of aliphatic hydroxyl groups excluding tert-OH is 1. The van der Waals surface area contributed by atoms with Crippen LogP contribution in [0.2, 0.25) is 0 Å². The number of nitrogens with two attached hydrogens (primary N) is 1. The Labute approximate surface area is 197 Å². The third kappa shape index (κ3) is 5.03. The Morgan fingerprint density at radius 1 is 1.12 bits per heavy atom. The molecule has 2 fully saturated rings. The van der Waals surface area contributed by atoms with E-state index in [1.54, 1.807) is 17.0 Å². The lowest BCUT2D eigenvalue weighted by molar-refractivity contribution is 0.0363. The number of pyridine rings is 2. The number of rotatable bonds is 6. The van der Waals surface area contributed by atoms with E-state index < -0.39 is 0 Å². The summed E-state index contributed by atoms with van der Waals surface area (Å²) in [5.41, 5.74) is 7.00. The van der Waals surface area contributed by atoms with Crippen LogP contribution in [0.3, 0.4) is 0 Å². The molecule has 10 nitrogen and oxygen atoms in total. The first-order chi connectivity index (χ1) is 16.6. The molecule has 1 saturated carbocycles. The van der Waals surface area contributed by atoms with Gasteiger partial charge in [-0.15, -0.1) is 0 Å². The Kier molecular flexibility index (Phi) is 6.70. The van der Waals surface area contributed by atoms with Crippen LogP contribution in [-0.4, -0.2) is 74.5 Å². The van der Waals surface area contributed by atoms with Crippen molar-refractivity contribution in [1.29, 1.82) is 0 Å². The number of fused-ring (bicyclic) bond motifs is 1. The number of morpholine rings is 1. The largest absolute Gasteiger partial charge is 0.393 e. The van der Waals surface area contributed by atoms with Gasteiger partial charge in [0.2, 0.25) is 5.95 Å². The van der Waals surface area contributed by atoms with Crippen LogP contribution in [0, 0.1) is 0 Å². The summed E-state index contributed by atoms with van der Waals surface area (Å²) in [4.78, 5) is 28.9. The number of nitrogens with zero attached hydrogens (tertiary/aromatic N) is 5. The third-order valence-corrected chi connectivity index (χ3v) is 6.72. The van der Waals surface area contributed by atoms with Crippen LogP contribution in [0.25, 0.3) is 22.0 Å². The van der Waals surface area contributed by atoms with Crippen LogP contribution < -0.4 is 16.6 Å². The molecule has 3 aromatic heterocycles. The zero-order valence-corrected chi connectivity index (χ0v) is 19.2. The van der Waals surface area contributed by atoms with Crippen molar-refractivity contribution in [2.75, 3.05) is 43.9 Å². The summed E-state index contributed by atoms with van der Waals surface area (Å²) in [6, 6.07) is 4.02. The molecule has 3 aromatic rings. The monoisotopic (exact) mass is 465 g/mol. The Balaban J connectivity index is 1.50. The normalized spacial score (nSPS) is 21.6. The van der Waals surface area contributed by atoms with E-state index in [1.165, 1.54) is 0 Å². The van der Waals surface area contributed by atoms with E-state index in [4.69, 9.17) is 15.5 Å². The molecule has 1 aliphatic heterocycles. The molecule has 2 aliphatic rings. The molecule has 0 atom stereocenters. The standard InChI is InChI=1S/C24H31N7O3/c25-24-26-14-17(15-27-24)20-13-16-5-6-31(8-7-30-9-11-34-12-10-30)23(33)21(16)22(29-20)28-18-1-3-19(32)4-2-18/h5-6,13-15,18-19,32H,1-4,7-12H2,(H,28,29)(H2,25,26,27)/t18-,19+. The van der Waals surface area contributed by atoms with Gasteiger partial charge in [-0.1, -0.05) is 0 Å². The molecular weight excluding hydrogens is 434 g/mol. The number of hydrogen-bond donors (Lipinski definition) is 3. The summed E-state index contributed by atoms with van der Waals surface area (Å²) < 4.78 is 7.19. The van der Waals surface area contributed by atoms with E-state index in [-0.39, 0.29) is 23.7 Å². The summed E-state index contributed by atoms with van der Waals surface area (Å²) in [6.45, 7) is 4.65. The third-order valence-electron chi connectivity index (χ3n) is 6.72. The minimum absolute atomic E-state index is 0.0586. The number of anilines is 2. The van der Waals surface area contributed by atoms with Crippen molar-refractivity contribution >= 4 is 22.5 Å². The molecule has 180 valence electrons. The van der Waals surface area contributed by atoms with Crippen molar-refractivity contribution in [3.8, 4) is 11.3 Å². The van der Waals surface area contributed by atoms with Crippen molar-refractivity contribution in [2.24, 2.45) is 0 Å². The smallest absolute Gasteiger partial charge is 0.262 e. The van der Waals surface area contributed by atoms with Crippen LogP contribution in [0.15, 0.2) is 35.5 Å². The molecule has 0 aromatic carbocycles. The maximum absolute atomic E-state index is 13.6. The Morgan fingerprint density at radius 2 is 1.85 bits per heavy atom. The first-order valence-corrected chi connectivity index (χ1v) is 11.9. The zero-order valence-electron chi connectivity index (χ0n) is 19.2. The van der Waals surface area contributed by atoms with Crippen LogP contribution >= 0.6 is 0 Å². The van der Waals surface area contributed by atoms with E-state index in [0.717, 1.165) is 69.5 Å². The van der Waals surface area contributed by atoms with E-state index in [0.29, 0.717) is 23.4 Å². The lowest BCUT2D eigenvalue weighted by atomic mass is 9.93. The van der Waals surface area contributed by atoms with Gasteiger partial charge in [-0.3, -0.25) is 9.69 Å². The van der Waals surface area contributed by atoms with Crippen molar-refractivity contribution in [3.05, 3.63) is 41.1 Å². The van der Waals surface area contributed by atoms with Crippen molar-refractivity contribution in [3.63, 3.8) is 0 Å². The molecule has 0 bridgehead atoms. The predicted molar refractivity (Wildman–Crippen MR) is 131 cm³/mol. The molecular formula is C24H31N7O3. The predicted octanol–water partition coefficient (Wildman–Crippen LogP) is 1.48. The van der Waals surface area contributed by atoms with Gasteiger partial charge in [0.05, 0.1) is 30.4 Å². The minimum atomic E-state index is -0.251. The molecule has 1 saturated heterocycles. The molecule has 0 spiro atoms. The molecule has 1 aliphatic carbocycles. The topological polar surface area (TPSA) is 131 Å². The summed E-state index contributed by atoms with van der Waals surface area (Å²) >= 11 is 0. The van der Waals surface area contributed by atoms with Crippen molar-refractivity contribution in [1.82, 2.24) is 24.4 Å². The highest BCUT2D eigenvalue weighted by Crippen LogP contribution is 2.28. The van der Waals surface area contributed by atoms with Crippen LogP contribution in [0.5, 0.6) is 0 Å².